The van der Waals surface area contributed by atoms with Gasteiger partial charge in [0.05, 0.1) is 7.11 Å². The Morgan fingerprint density at radius 2 is 2.00 bits per heavy atom. The van der Waals surface area contributed by atoms with Crippen LogP contribution in [0.25, 0.3) is 0 Å². The molecule has 3 heteroatoms. The molecule has 1 rings (SSSR count). The van der Waals surface area contributed by atoms with Crippen LogP contribution in [0.3, 0.4) is 0 Å². The van der Waals surface area contributed by atoms with Crippen LogP contribution < -0.4 is 4.74 Å². The van der Waals surface area contributed by atoms with Crippen molar-refractivity contribution >= 4 is 28.7 Å². The molecular weight excluding hydrogens is 176 g/mol. The Morgan fingerprint density at radius 3 is 2.45 bits per heavy atom. The van der Waals surface area contributed by atoms with Gasteiger partial charge in [-0.15, -0.1) is 0 Å². The molecule has 0 bridgehead atoms. The minimum atomic E-state index is 0.874. The molecular formula is C8H8OS2. The molecule has 0 spiro atoms. The van der Waals surface area contributed by atoms with Gasteiger partial charge in [-0.3, -0.25) is 0 Å². The third-order valence-electron chi connectivity index (χ3n) is 1.24. The maximum atomic E-state index is 5.00. The molecule has 0 N–H and O–H groups in total. The van der Waals surface area contributed by atoms with Gasteiger partial charge in [-0.05, 0) is 24.3 Å². The smallest absolute Gasteiger partial charge is 0.118 e. The quantitative estimate of drug-likeness (QED) is 0.528. The number of hydrogen-bond donors (Lipinski definition) is 0. The van der Waals surface area contributed by atoms with Crippen LogP contribution in [0, 0.1) is 0 Å². The molecule has 1 nitrogen and oxygen atoms in total. The van der Waals surface area contributed by atoms with E-state index in [0.29, 0.717) is 0 Å². The highest BCUT2D eigenvalue weighted by Gasteiger charge is 1.91. The van der Waals surface area contributed by atoms with Crippen LogP contribution in [0.1, 0.15) is 0 Å². The van der Waals surface area contributed by atoms with Gasteiger partial charge in [0.2, 0.25) is 0 Å². The number of benzene rings is 1. The Labute approximate surface area is 75.8 Å². The summed E-state index contributed by atoms with van der Waals surface area (Å²) in [5.74, 6) is 0.874. The molecule has 0 aromatic heterocycles. The third-order valence-corrected chi connectivity index (χ3v) is 2.17. The van der Waals surface area contributed by atoms with Crippen molar-refractivity contribution < 1.29 is 4.74 Å². The molecule has 0 aliphatic carbocycles. The first kappa shape index (κ1) is 8.56. The van der Waals surface area contributed by atoms with Crippen LogP contribution in [0.5, 0.6) is 5.75 Å². The van der Waals surface area contributed by atoms with E-state index >= 15 is 0 Å². The van der Waals surface area contributed by atoms with Gasteiger partial charge >= 0.3 is 0 Å². The van der Waals surface area contributed by atoms with E-state index in [0.717, 1.165) is 10.6 Å². The van der Waals surface area contributed by atoms with E-state index in [2.05, 4.69) is 0 Å². The van der Waals surface area contributed by atoms with E-state index < -0.39 is 0 Å². The van der Waals surface area contributed by atoms with Crippen LogP contribution in [0.4, 0.5) is 0 Å². The number of ether oxygens (including phenoxy) is 1. The SMILES string of the molecule is COc1ccc(SC=S)cc1. The zero-order valence-corrected chi connectivity index (χ0v) is 7.74. The number of thioether (sulfide) groups is 1. The van der Waals surface area contributed by atoms with Gasteiger partial charge < -0.3 is 4.74 Å². The highest BCUT2D eigenvalue weighted by atomic mass is 32.2. The average molecular weight is 184 g/mol. The van der Waals surface area contributed by atoms with E-state index in [4.69, 9.17) is 17.0 Å². The van der Waals surface area contributed by atoms with Crippen LogP contribution in [0.15, 0.2) is 29.2 Å². The Balaban J connectivity index is 2.74. The second-order valence-electron chi connectivity index (χ2n) is 1.89. The summed E-state index contributed by atoms with van der Waals surface area (Å²) in [5, 5.41) is 0. The first-order chi connectivity index (χ1) is 5.36. The van der Waals surface area contributed by atoms with Crippen molar-refractivity contribution in [3.05, 3.63) is 24.3 Å². The van der Waals surface area contributed by atoms with E-state index in [-0.39, 0.29) is 0 Å². The molecule has 0 aliphatic heterocycles. The van der Waals surface area contributed by atoms with E-state index in [1.54, 1.807) is 11.8 Å². The van der Waals surface area contributed by atoms with Crippen molar-refractivity contribution in [2.45, 2.75) is 4.90 Å². The van der Waals surface area contributed by atoms with Crippen LogP contribution in [0.2, 0.25) is 0 Å². The molecule has 0 saturated carbocycles. The molecule has 0 atom stereocenters. The maximum absolute atomic E-state index is 5.00. The summed E-state index contributed by atoms with van der Waals surface area (Å²) in [6.07, 6.45) is 0. The van der Waals surface area contributed by atoms with E-state index in [9.17, 15) is 0 Å². The summed E-state index contributed by atoms with van der Waals surface area (Å²) in [4.78, 5) is 1.14. The lowest BCUT2D eigenvalue weighted by Gasteiger charge is -1.98. The zero-order chi connectivity index (χ0) is 8.10. The molecule has 58 valence electrons. The molecule has 1 aromatic carbocycles. The van der Waals surface area contributed by atoms with Gasteiger partial charge in [-0.25, -0.2) is 0 Å². The van der Waals surface area contributed by atoms with E-state index in [1.807, 2.05) is 24.3 Å². The van der Waals surface area contributed by atoms with Gasteiger partial charge in [-0.1, -0.05) is 24.0 Å². The van der Waals surface area contributed by atoms with Gasteiger partial charge in [0.25, 0.3) is 0 Å². The normalized spacial score (nSPS) is 9.18. The highest BCUT2D eigenvalue weighted by Crippen LogP contribution is 2.19. The summed E-state index contributed by atoms with van der Waals surface area (Å²) in [6.45, 7) is 0. The van der Waals surface area contributed by atoms with Crippen molar-refractivity contribution in [2.75, 3.05) is 7.11 Å². The molecule has 0 unspecified atom stereocenters. The number of hydrogen-bond acceptors (Lipinski definition) is 3. The minimum absolute atomic E-state index is 0.874. The first-order valence-electron chi connectivity index (χ1n) is 3.11. The average Bonchev–Trinajstić information content (AvgIpc) is 2.07. The van der Waals surface area contributed by atoms with Gasteiger partial charge in [-0.2, -0.15) is 0 Å². The fourth-order valence-corrected chi connectivity index (χ4v) is 1.45. The lowest BCUT2D eigenvalue weighted by molar-refractivity contribution is 0.414. The Hall–Kier alpha value is -0.540. The van der Waals surface area contributed by atoms with Crippen molar-refractivity contribution in [2.24, 2.45) is 0 Å². The summed E-state index contributed by atoms with van der Waals surface area (Å²) < 4.78 is 6.64. The Kier molecular flexibility index (Phi) is 3.39. The number of thiocarbonyl (C=S) groups is 1. The largest absolute Gasteiger partial charge is 0.497 e. The molecule has 1 aromatic rings. The topological polar surface area (TPSA) is 9.23 Å². The second-order valence-corrected chi connectivity index (χ2v) is 3.37. The standard InChI is InChI=1S/C8H8OS2/c1-9-7-2-4-8(5-3-7)11-6-10/h2-6H,1H3. The maximum Gasteiger partial charge on any atom is 0.118 e. The lowest BCUT2D eigenvalue weighted by Crippen LogP contribution is -1.80. The minimum Gasteiger partial charge on any atom is -0.497 e. The zero-order valence-electron chi connectivity index (χ0n) is 6.11. The molecule has 0 aliphatic rings. The lowest BCUT2D eigenvalue weighted by atomic mass is 10.3. The van der Waals surface area contributed by atoms with Crippen molar-refractivity contribution in [1.82, 2.24) is 0 Å². The van der Waals surface area contributed by atoms with Gasteiger partial charge in [0.15, 0.2) is 0 Å². The molecule has 0 amide bonds. The van der Waals surface area contributed by atoms with Gasteiger partial charge in [0.1, 0.15) is 5.75 Å². The Bertz CT molecular complexity index is 230. The second kappa shape index (κ2) is 4.36. The summed E-state index contributed by atoms with van der Waals surface area (Å²) in [7, 11) is 1.65. The molecule has 11 heavy (non-hydrogen) atoms. The molecule has 0 radical (unpaired) electrons. The van der Waals surface area contributed by atoms with Crippen molar-refractivity contribution in [3.8, 4) is 5.75 Å². The monoisotopic (exact) mass is 184 g/mol. The Morgan fingerprint density at radius 1 is 1.36 bits per heavy atom. The number of methoxy groups -OCH3 is 1. The van der Waals surface area contributed by atoms with Gasteiger partial charge in [0, 0.05) is 9.59 Å². The molecule has 0 heterocycles. The summed E-state index contributed by atoms with van der Waals surface area (Å²) >= 11 is 6.23. The number of rotatable bonds is 3. The van der Waals surface area contributed by atoms with Crippen LogP contribution >= 0.6 is 24.0 Å². The third kappa shape index (κ3) is 2.52. The predicted molar refractivity (Wildman–Crippen MR) is 52.5 cm³/mol. The molecule has 0 saturated heterocycles. The van der Waals surface area contributed by atoms with E-state index in [1.165, 1.54) is 11.8 Å². The highest BCUT2D eigenvalue weighted by molar-refractivity contribution is 8.20. The fraction of sp³-hybridized carbons (Fsp3) is 0.125. The fourth-order valence-electron chi connectivity index (χ4n) is 0.710. The van der Waals surface area contributed by atoms with Crippen molar-refractivity contribution in [3.63, 3.8) is 0 Å². The summed E-state index contributed by atoms with van der Waals surface area (Å²) in [6, 6.07) is 7.79. The van der Waals surface area contributed by atoms with Crippen molar-refractivity contribution in [1.29, 1.82) is 0 Å². The first-order valence-corrected chi connectivity index (χ1v) is 4.46. The summed E-state index contributed by atoms with van der Waals surface area (Å²) in [5.41, 5.74) is 0. The predicted octanol–water partition coefficient (Wildman–Crippen LogP) is 2.74. The van der Waals surface area contributed by atoms with Crippen LogP contribution in [-0.4, -0.2) is 11.8 Å². The van der Waals surface area contributed by atoms with Crippen LogP contribution in [-0.2, 0) is 0 Å². The molecule has 0 fully saturated rings.